The van der Waals surface area contributed by atoms with Gasteiger partial charge in [-0.25, -0.2) is 4.99 Å². The number of benzene rings is 1. The van der Waals surface area contributed by atoms with E-state index in [-0.39, 0.29) is 18.0 Å². The second-order valence-electron chi connectivity index (χ2n) is 6.70. The number of nitrogens with zero attached hydrogens (tertiary/aromatic N) is 3. The van der Waals surface area contributed by atoms with Crippen LogP contribution in [0.2, 0.25) is 0 Å². The SMILES string of the molecule is CCNC(=NCc1cccc(OCC)c1OC(F)F)NCCc1c(C)nn(C)c1C. The van der Waals surface area contributed by atoms with E-state index in [1.54, 1.807) is 25.1 Å². The summed E-state index contributed by atoms with van der Waals surface area (Å²) in [5.41, 5.74) is 3.88. The van der Waals surface area contributed by atoms with Crippen molar-refractivity contribution in [3.8, 4) is 11.5 Å². The minimum Gasteiger partial charge on any atom is -0.490 e. The van der Waals surface area contributed by atoms with Gasteiger partial charge in [0, 0.05) is 31.4 Å². The highest BCUT2D eigenvalue weighted by atomic mass is 19.3. The Morgan fingerprint density at radius 3 is 2.60 bits per heavy atom. The molecule has 1 heterocycles. The van der Waals surface area contributed by atoms with Crippen LogP contribution in [-0.4, -0.2) is 42.0 Å². The maximum atomic E-state index is 12.9. The average Bonchev–Trinajstić information content (AvgIpc) is 2.93. The normalized spacial score (nSPS) is 11.7. The zero-order valence-corrected chi connectivity index (χ0v) is 18.3. The lowest BCUT2D eigenvalue weighted by atomic mass is 10.1. The van der Waals surface area contributed by atoms with Crippen LogP contribution in [0.15, 0.2) is 23.2 Å². The van der Waals surface area contributed by atoms with Gasteiger partial charge >= 0.3 is 6.61 Å². The molecule has 0 atom stereocenters. The molecule has 0 aliphatic heterocycles. The molecule has 0 spiro atoms. The molecule has 0 fully saturated rings. The van der Waals surface area contributed by atoms with Gasteiger partial charge in [0.25, 0.3) is 0 Å². The summed E-state index contributed by atoms with van der Waals surface area (Å²) in [5.74, 6) is 0.906. The quantitative estimate of drug-likeness (QED) is 0.453. The summed E-state index contributed by atoms with van der Waals surface area (Å²) >= 11 is 0. The van der Waals surface area contributed by atoms with Crippen molar-refractivity contribution in [1.82, 2.24) is 20.4 Å². The number of hydrogen-bond donors (Lipinski definition) is 2. The molecular weight excluding hydrogens is 392 g/mol. The zero-order chi connectivity index (χ0) is 22.1. The summed E-state index contributed by atoms with van der Waals surface area (Å²) in [6.45, 7) is 6.72. The van der Waals surface area contributed by atoms with E-state index in [1.165, 1.54) is 5.56 Å². The van der Waals surface area contributed by atoms with Crippen molar-refractivity contribution in [1.29, 1.82) is 0 Å². The Labute approximate surface area is 176 Å². The first kappa shape index (κ1) is 23.4. The number of halogens is 2. The highest BCUT2D eigenvalue weighted by molar-refractivity contribution is 5.79. The molecule has 0 bridgehead atoms. The van der Waals surface area contributed by atoms with Gasteiger partial charge in [0.1, 0.15) is 0 Å². The number of guanidine groups is 1. The predicted molar refractivity (Wildman–Crippen MR) is 113 cm³/mol. The summed E-state index contributed by atoms with van der Waals surface area (Å²) in [4.78, 5) is 4.53. The number of hydrogen-bond acceptors (Lipinski definition) is 4. The monoisotopic (exact) mass is 423 g/mol. The summed E-state index contributed by atoms with van der Waals surface area (Å²) in [6.07, 6.45) is 0.801. The van der Waals surface area contributed by atoms with Crippen molar-refractivity contribution in [2.45, 2.75) is 47.3 Å². The molecule has 0 aliphatic rings. The molecule has 1 aromatic heterocycles. The molecule has 2 rings (SSSR count). The highest BCUT2D eigenvalue weighted by Gasteiger charge is 2.16. The van der Waals surface area contributed by atoms with E-state index in [0.717, 1.165) is 17.8 Å². The zero-order valence-electron chi connectivity index (χ0n) is 18.3. The van der Waals surface area contributed by atoms with Crippen molar-refractivity contribution < 1.29 is 18.3 Å². The summed E-state index contributed by atoms with van der Waals surface area (Å²) in [6, 6.07) is 5.05. The standard InChI is InChI=1S/C21H31F2N5O2/c1-6-24-21(25-12-11-17-14(3)27-28(5)15(17)4)26-13-16-9-8-10-18(29-7-2)19(16)30-20(22)23/h8-10,20H,6-7,11-13H2,1-5H3,(H2,24,25,26). The van der Waals surface area contributed by atoms with E-state index in [4.69, 9.17) is 9.47 Å². The first-order chi connectivity index (χ1) is 14.4. The van der Waals surface area contributed by atoms with Crippen LogP contribution in [0.5, 0.6) is 11.5 Å². The molecule has 30 heavy (non-hydrogen) atoms. The summed E-state index contributed by atoms with van der Waals surface area (Å²) < 4.78 is 37.8. The molecule has 9 heteroatoms. The molecule has 1 aromatic carbocycles. The second kappa shape index (κ2) is 11.4. The Kier molecular flexibility index (Phi) is 8.89. The first-order valence-electron chi connectivity index (χ1n) is 10.1. The number of aliphatic imine (C=N–C) groups is 1. The van der Waals surface area contributed by atoms with Crippen LogP contribution < -0.4 is 20.1 Å². The molecule has 0 unspecified atom stereocenters. The Balaban J connectivity index is 2.11. The van der Waals surface area contributed by atoms with Crippen LogP contribution in [0.3, 0.4) is 0 Å². The number of nitrogens with one attached hydrogen (secondary N) is 2. The van der Waals surface area contributed by atoms with Crippen molar-refractivity contribution in [2.75, 3.05) is 19.7 Å². The van der Waals surface area contributed by atoms with E-state index >= 15 is 0 Å². The number of para-hydroxylation sites is 1. The van der Waals surface area contributed by atoms with E-state index in [2.05, 4.69) is 20.7 Å². The fraction of sp³-hybridized carbons (Fsp3) is 0.524. The Bertz CT molecular complexity index is 852. The third-order valence-corrected chi connectivity index (χ3v) is 4.65. The van der Waals surface area contributed by atoms with Crippen LogP contribution in [0.25, 0.3) is 0 Å². The molecule has 0 saturated carbocycles. The predicted octanol–water partition coefficient (Wildman–Crippen LogP) is 3.33. The Morgan fingerprint density at radius 2 is 2.00 bits per heavy atom. The van der Waals surface area contributed by atoms with Crippen molar-refractivity contribution in [3.63, 3.8) is 0 Å². The van der Waals surface area contributed by atoms with E-state index < -0.39 is 6.61 Å². The Hall–Kier alpha value is -2.84. The Morgan fingerprint density at radius 1 is 1.23 bits per heavy atom. The fourth-order valence-corrected chi connectivity index (χ4v) is 3.17. The van der Waals surface area contributed by atoms with Crippen LogP contribution in [-0.2, 0) is 20.0 Å². The molecule has 0 aliphatic carbocycles. The largest absolute Gasteiger partial charge is 0.490 e. The number of alkyl halides is 2. The topological polar surface area (TPSA) is 72.7 Å². The van der Waals surface area contributed by atoms with Crippen LogP contribution in [0.4, 0.5) is 8.78 Å². The molecule has 2 N–H and O–H groups in total. The lowest BCUT2D eigenvalue weighted by Gasteiger charge is -2.15. The fourth-order valence-electron chi connectivity index (χ4n) is 3.17. The third-order valence-electron chi connectivity index (χ3n) is 4.65. The van der Waals surface area contributed by atoms with Gasteiger partial charge in [-0.1, -0.05) is 12.1 Å². The number of ether oxygens (including phenoxy) is 2. The van der Waals surface area contributed by atoms with Crippen molar-refractivity contribution in [2.24, 2.45) is 12.0 Å². The van der Waals surface area contributed by atoms with E-state index in [9.17, 15) is 8.78 Å². The van der Waals surface area contributed by atoms with E-state index in [0.29, 0.717) is 31.2 Å². The minimum atomic E-state index is -2.94. The maximum Gasteiger partial charge on any atom is 0.387 e. The van der Waals surface area contributed by atoms with Gasteiger partial charge in [-0.3, -0.25) is 4.68 Å². The van der Waals surface area contributed by atoms with Gasteiger partial charge in [-0.05, 0) is 45.7 Å². The molecule has 7 nitrogen and oxygen atoms in total. The minimum absolute atomic E-state index is 0.0237. The lowest BCUT2D eigenvalue weighted by molar-refractivity contribution is -0.0520. The molecule has 0 amide bonds. The smallest absolute Gasteiger partial charge is 0.387 e. The van der Waals surface area contributed by atoms with Gasteiger partial charge in [-0.15, -0.1) is 0 Å². The average molecular weight is 424 g/mol. The third kappa shape index (κ3) is 6.33. The first-order valence-corrected chi connectivity index (χ1v) is 10.1. The molecular formula is C21H31F2N5O2. The van der Waals surface area contributed by atoms with Crippen molar-refractivity contribution >= 4 is 5.96 Å². The molecule has 0 radical (unpaired) electrons. The van der Waals surface area contributed by atoms with Crippen LogP contribution in [0, 0.1) is 13.8 Å². The van der Waals surface area contributed by atoms with Gasteiger partial charge in [0.15, 0.2) is 17.5 Å². The van der Waals surface area contributed by atoms with Crippen LogP contribution in [0.1, 0.15) is 36.4 Å². The highest BCUT2D eigenvalue weighted by Crippen LogP contribution is 2.33. The van der Waals surface area contributed by atoms with E-state index in [1.807, 2.05) is 32.5 Å². The maximum absolute atomic E-state index is 12.9. The van der Waals surface area contributed by atoms with Gasteiger partial charge < -0.3 is 20.1 Å². The molecule has 2 aromatic rings. The summed E-state index contributed by atoms with van der Waals surface area (Å²) in [5, 5.41) is 10.9. The lowest BCUT2D eigenvalue weighted by Crippen LogP contribution is -2.38. The number of aryl methyl sites for hydroxylation is 2. The molecule has 166 valence electrons. The van der Waals surface area contributed by atoms with Crippen molar-refractivity contribution in [3.05, 3.63) is 40.7 Å². The number of rotatable bonds is 10. The molecule has 0 saturated heterocycles. The van der Waals surface area contributed by atoms with Gasteiger partial charge in [-0.2, -0.15) is 13.9 Å². The second-order valence-corrected chi connectivity index (χ2v) is 6.70. The summed E-state index contributed by atoms with van der Waals surface area (Å²) in [7, 11) is 1.93. The van der Waals surface area contributed by atoms with Crippen LogP contribution >= 0.6 is 0 Å². The number of aromatic nitrogens is 2. The van der Waals surface area contributed by atoms with Gasteiger partial charge in [0.05, 0.1) is 18.8 Å². The van der Waals surface area contributed by atoms with Gasteiger partial charge in [0.2, 0.25) is 0 Å².